The van der Waals surface area contributed by atoms with Crippen molar-refractivity contribution >= 4 is 11.0 Å². The first kappa shape index (κ1) is 25.3. The third-order valence-electron chi connectivity index (χ3n) is 5.55. The molecule has 0 saturated carbocycles. The van der Waals surface area contributed by atoms with E-state index < -0.39 is 61.4 Å². The zero-order valence-electron chi connectivity index (χ0n) is 18.0. The van der Waals surface area contributed by atoms with E-state index in [9.17, 15) is 35.4 Å². The van der Waals surface area contributed by atoms with Gasteiger partial charge < -0.3 is 44.9 Å². The van der Waals surface area contributed by atoms with Crippen LogP contribution < -0.4 is 10.2 Å². The molecule has 12 heteroatoms. The average Bonchev–Trinajstić information content (AvgIpc) is 2.77. The molecule has 1 aliphatic rings. The Kier molecular flexibility index (Phi) is 7.61. The maximum atomic E-state index is 12.4. The molecule has 1 aliphatic heterocycles. The zero-order chi connectivity index (χ0) is 24.5. The van der Waals surface area contributed by atoms with Gasteiger partial charge in [0.1, 0.15) is 77.6 Å². The van der Waals surface area contributed by atoms with E-state index >= 15 is 0 Å². The van der Waals surface area contributed by atoms with Gasteiger partial charge in [-0.1, -0.05) is 0 Å². The minimum absolute atomic E-state index is 0.0360. The highest BCUT2D eigenvalue weighted by molar-refractivity contribution is 5.87. The fourth-order valence-electron chi connectivity index (χ4n) is 3.52. The van der Waals surface area contributed by atoms with E-state index in [1.165, 1.54) is 6.07 Å². The molecule has 0 saturated heterocycles. The van der Waals surface area contributed by atoms with Gasteiger partial charge in [-0.05, 0) is 13.8 Å². The first-order valence-corrected chi connectivity index (χ1v) is 10.2. The minimum Gasteiger partial charge on any atom is -0.507 e. The molecule has 184 valence electrons. The largest absolute Gasteiger partial charge is 0.507 e. The van der Waals surface area contributed by atoms with Crippen LogP contribution in [0.3, 0.4) is 0 Å². The summed E-state index contributed by atoms with van der Waals surface area (Å²) < 4.78 is 11.4. The molecule has 0 radical (unpaired) electrons. The lowest BCUT2D eigenvalue weighted by atomic mass is 9.90. The van der Waals surface area contributed by atoms with Gasteiger partial charge >= 0.3 is 0 Å². The first-order valence-electron chi connectivity index (χ1n) is 10.2. The van der Waals surface area contributed by atoms with Crippen LogP contribution in [0.15, 0.2) is 21.3 Å². The van der Waals surface area contributed by atoms with E-state index in [0.29, 0.717) is 0 Å². The summed E-state index contributed by atoms with van der Waals surface area (Å²) in [6.45, 7) is 1.47. The Morgan fingerprint density at radius 1 is 1.12 bits per heavy atom. The number of hydrogen-bond acceptors (Lipinski definition) is 12. The molecule has 0 amide bonds. The zero-order valence-corrected chi connectivity index (χ0v) is 18.0. The standard InChI is InChI=1S/C21H28O12/c1-21(2)16(33-30-8-13(26)20(29)19(28)12(25)7-23)4-10-14(32-21)5-15-17(18(10)27)11(24)3-9(6-22)31-15/h3,5,12-13,16,19-20,22-23,25-29H,4,6-8H2,1-2H3/t12-,13+,16-,19-,20-/m1/s1. The monoisotopic (exact) mass is 472 g/mol. The van der Waals surface area contributed by atoms with E-state index in [0.717, 1.165) is 6.07 Å². The summed E-state index contributed by atoms with van der Waals surface area (Å²) >= 11 is 0. The molecule has 0 spiro atoms. The van der Waals surface area contributed by atoms with Gasteiger partial charge in [0.15, 0.2) is 5.43 Å². The van der Waals surface area contributed by atoms with Gasteiger partial charge in [-0.2, -0.15) is 0 Å². The maximum absolute atomic E-state index is 12.4. The van der Waals surface area contributed by atoms with Crippen LogP contribution in [0.5, 0.6) is 11.5 Å². The summed E-state index contributed by atoms with van der Waals surface area (Å²) in [5, 5.41) is 67.5. The molecule has 33 heavy (non-hydrogen) atoms. The van der Waals surface area contributed by atoms with Crippen molar-refractivity contribution in [3.63, 3.8) is 0 Å². The van der Waals surface area contributed by atoms with Gasteiger partial charge in [-0.15, -0.1) is 0 Å². The quantitative estimate of drug-likeness (QED) is 0.164. The molecule has 0 bridgehead atoms. The van der Waals surface area contributed by atoms with Crippen molar-refractivity contribution in [1.29, 1.82) is 0 Å². The predicted octanol–water partition coefficient (Wildman–Crippen LogP) is -1.54. The Balaban J connectivity index is 1.76. The van der Waals surface area contributed by atoms with Crippen LogP contribution in [0.25, 0.3) is 11.0 Å². The van der Waals surface area contributed by atoms with Crippen LogP contribution in [0.4, 0.5) is 0 Å². The molecule has 12 nitrogen and oxygen atoms in total. The molecule has 3 rings (SSSR count). The van der Waals surface area contributed by atoms with Crippen LogP contribution in [0, 0.1) is 0 Å². The number of aromatic hydroxyl groups is 1. The first-order chi connectivity index (χ1) is 15.5. The molecule has 7 N–H and O–H groups in total. The molecule has 2 aromatic rings. The fraction of sp³-hybridized carbons (Fsp3) is 0.571. The van der Waals surface area contributed by atoms with Crippen molar-refractivity contribution in [3.05, 3.63) is 33.7 Å². The highest BCUT2D eigenvalue weighted by Gasteiger charge is 2.41. The molecule has 2 heterocycles. The van der Waals surface area contributed by atoms with Crippen LogP contribution in [-0.4, -0.2) is 85.1 Å². The second-order valence-corrected chi connectivity index (χ2v) is 8.39. The molecule has 1 aromatic heterocycles. The van der Waals surface area contributed by atoms with E-state index in [2.05, 4.69) is 0 Å². The number of phenolic OH excluding ortho intramolecular Hbond substituents is 1. The molecule has 0 aliphatic carbocycles. The maximum Gasteiger partial charge on any atom is 0.196 e. The summed E-state index contributed by atoms with van der Waals surface area (Å²) in [5.41, 5.74) is -1.23. The Morgan fingerprint density at radius 3 is 2.42 bits per heavy atom. The Labute approximate surface area is 187 Å². The molecular weight excluding hydrogens is 444 g/mol. The minimum atomic E-state index is -1.81. The van der Waals surface area contributed by atoms with Crippen molar-refractivity contribution in [2.24, 2.45) is 0 Å². The van der Waals surface area contributed by atoms with Crippen molar-refractivity contribution in [2.75, 3.05) is 13.2 Å². The normalized spacial score (nSPS) is 21.2. The van der Waals surface area contributed by atoms with Crippen molar-refractivity contribution in [2.45, 2.75) is 63.0 Å². The molecule has 1 aromatic carbocycles. The molecule has 0 unspecified atom stereocenters. The average molecular weight is 472 g/mol. The Hall–Kier alpha value is -2.29. The Bertz CT molecular complexity index is 1030. The van der Waals surface area contributed by atoms with Gasteiger partial charge in [-0.25, -0.2) is 9.78 Å². The van der Waals surface area contributed by atoms with Crippen molar-refractivity contribution < 1.29 is 54.7 Å². The van der Waals surface area contributed by atoms with E-state index in [1.807, 2.05) is 0 Å². The summed E-state index contributed by atoms with van der Waals surface area (Å²) in [4.78, 5) is 22.7. The number of hydrogen-bond donors (Lipinski definition) is 7. The van der Waals surface area contributed by atoms with Gasteiger partial charge in [0, 0.05) is 24.1 Å². The predicted molar refractivity (Wildman–Crippen MR) is 110 cm³/mol. The third-order valence-corrected chi connectivity index (χ3v) is 5.55. The smallest absolute Gasteiger partial charge is 0.196 e. The van der Waals surface area contributed by atoms with Gasteiger partial charge in [0.2, 0.25) is 0 Å². The SMILES string of the molecule is CC1(C)Oc2cc3oc(CO)cc(=O)c3c(O)c2C[C@H]1OOC[C@H](O)[C@@H](O)[C@H](O)[C@H](O)CO. The number of phenols is 1. The number of aliphatic hydroxyl groups is 6. The number of fused-ring (bicyclic) bond motifs is 2. The van der Waals surface area contributed by atoms with Crippen LogP contribution in [0.1, 0.15) is 25.2 Å². The van der Waals surface area contributed by atoms with Crippen molar-refractivity contribution in [3.8, 4) is 11.5 Å². The summed E-state index contributed by atoms with van der Waals surface area (Å²) in [6, 6.07) is 2.52. The lowest BCUT2D eigenvalue weighted by Crippen LogP contribution is -2.49. The lowest BCUT2D eigenvalue weighted by molar-refractivity contribution is -0.358. The van der Waals surface area contributed by atoms with E-state index in [-0.39, 0.29) is 40.2 Å². The Morgan fingerprint density at radius 2 is 1.79 bits per heavy atom. The highest BCUT2D eigenvalue weighted by Crippen LogP contribution is 2.42. The third kappa shape index (κ3) is 5.13. The fourth-order valence-corrected chi connectivity index (χ4v) is 3.52. The number of aliphatic hydroxyl groups excluding tert-OH is 6. The second kappa shape index (κ2) is 9.91. The van der Waals surface area contributed by atoms with Crippen LogP contribution in [-0.2, 0) is 22.8 Å². The van der Waals surface area contributed by atoms with Crippen LogP contribution in [0.2, 0.25) is 0 Å². The van der Waals surface area contributed by atoms with Crippen LogP contribution >= 0.6 is 0 Å². The molecule has 0 fully saturated rings. The van der Waals surface area contributed by atoms with Gasteiger partial charge in [0.05, 0.1) is 6.61 Å². The summed E-state index contributed by atoms with van der Waals surface area (Å²) in [6.07, 6.45) is -7.70. The lowest BCUT2D eigenvalue weighted by Gasteiger charge is -2.39. The number of benzene rings is 1. The van der Waals surface area contributed by atoms with Crippen molar-refractivity contribution in [1.82, 2.24) is 0 Å². The van der Waals surface area contributed by atoms with E-state index in [4.69, 9.17) is 24.0 Å². The highest BCUT2D eigenvalue weighted by atomic mass is 17.2. The van der Waals surface area contributed by atoms with Gasteiger partial charge in [0.25, 0.3) is 0 Å². The number of ether oxygens (including phenoxy) is 1. The van der Waals surface area contributed by atoms with Gasteiger partial charge in [-0.3, -0.25) is 4.79 Å². The second-order valence-electron chi connectivity index (χ2n) is 8.39. The summed E-state index contributed by atoms with van der Waals surface area (Å²) in [5.74, 6) is -0.0741. The summed E-state index contributed by atoms with van der Waals surface area (Å²) in [7, 11) is 0. The number of rotatable bonds is 9. The molecule has 5 atom stereocenters. The van der Waals surface area contributed by atoms with E-state index in [1.54, 1.807) is 13.8 Å². The molecular formula is C21H28O12. The topological polar surface area (TPSA) is 200 Å².